The molecule has 0 radical (unpaired) electrons. The lowest BCUT2D eigenvalue weighted by Gasteiger charge is -2.16. The van der Waals surface area contributed by atoms with Crippen LogP contribution in [-0.4, -0.2) is 33.0 Å². The van der Waals surface area contributed by atoms with E-state index in [1.807, 2.05) is 0 Å². The highest BCUT2D eigenvalue weighted by Crippen LogP contribution is 2.34. The number of hydrogen-bond acceptors (Lipinski definition) is 5. The van der Waals surface area contributed by atoms with Crippen LogP contribution >= 0.6 is 0 Å². The van der Waals surface area contributed by atoms with Gasteiger partial charge in [-0.05, 0) is 47.9 Å². The van der Waals surface area contributed by atoms with Gasteiger partial charge in [0.15, 0.2) is 16.4 Å². The fourth-order valence-electron chi connectivity index (χ4n) is 4.10. The summed E-state index contributed by atoms with van der Waals surface area (Å²) in [6, 6.07) is 17.9. The highest BCUT2D eigenvalue weighted by atomic mass is 32.2. The number of benzene rings is 3. The van der Waals surface area contributed by atoms with Crippen LogP contribution in [0.5, 0.6) is 0 Å². The Hall–Kier alpha value is -4.32. The van der Waals surface area contributed by atoms with Gasteiger partial charge in [0.25, 0.3) is 0 Å². The molecule has 0 aliphatic heterocycles. The first-order valence-electron chi connectivity index (χ1n) is 11.2. The van der Waals surface area contributed by atoms with Crippen molar-refractivity contribution < 1.29 is 26.0 Å². The van der Waals surface area contributed by atoms with Crippen LogP contribution in [-0.2, 0) is 23.6 Å². The smallest absolute Gasteiger partial charge is 0.301 e. The summed E-state index contributed by atoms with van der Waals surface area (Å²) in [4.78, 5) is 3.80. The number of imidazole rings is 1. The number of aromatic nitrogens is 5. The van der Waals surface area contributed by atoms with Gasteiger partial charge in [-0.1, -0.05) is 47.7 Å². The van der Waals surface area contributed by atoms with Crippen LogP contribution in [0.15, 0.2) is 84.0 Å². The first-order valence-corrected chi connectivity index (χ1v) is 12.4. The van der Waals surface area contributed by atoms with Crippen molar-refractivity contribution in [3.8, 4) is 33.8 Å². The lowest BCUT2D eigenvalue weighted by Crippen LogP contribution is -2.07. The van der Waals surface area contributed by atoms with E-state index in [2.05, 4.69) is 15.3 Å². The summed E-state index contributed by atoms with van der Waals surface area (Å²) >= 11 is 0. The molecule has 12 heteroatoms. The number of alkyl halides is 4. The molecular weight excluding hydrogens is 522 g/mol. The maximum atomic E-state index is 13.4. The molecule has 0 saturated heterocycles. The molecule has 0 atom stereocenters. The van der Waals surface area contributed by atoms with E-state index in [4.69, 9.17) is 0 Å². The second-order valence-corrected chi connectivity index (χ2v) is 9.44. The third-order valence-corrected chi connectivity index (χ3v) is 6.68. The molecule has 0 saturated carbocycles. The van der Waals surface area contributed by atoms with Gasteiger partial charge in [0.05, 0.1) is 28.2 Å². The molecule has 0 unspecified atom stereocenters. The fraction of sp³-hybridized carbons (Fsp3) is 0.115. The van der Waals surface area contributed by atoms with Crippen LogP contribution in [0.25, 0.3) is 33.8 Å². The molecular formula is C26H19F4N5O2S. The Bertz CT molecular complexity index is 1700. The van der Waals surface area contributed by atoms with E-state index >= 15 is 0 Å². The minimum absolute atomic E-state index is 0.102. The van der Waals surface area contributed by atoms with Gasteiger partial charge in [0, 0.05) is 11.8 Å². The summed E-state index contributed by atoms with van der Waals surface area (Å²) in [6.45, 7) is 0.832. The van der Waals surface area contributed by atoms with Crippen LogP contribution in [0.4, 0.5) is 17.6 Å². The Morgan fingerprint density at radius 1 is 0.895 bits per heavy atom. The largest absolute Gasteiger partial charge is 0.434 e. The Morgan fingerprint density at radius 3 is 2.26 bits per heavy atom. The summed E-state index contributed by atoms with van der Waals surface area (Å²) in [5, 5.41) is 8.21. The van der Waals surface area contributed by atoms with Crippen LogP contribution in [0.3, 0.4) is 0 Å². The molecule has 0 aliphatic rings. The lowest BCUT2D eigenvalue weighted by molar-refractivity contribution is -0.141. The van der Waals surface area contributed by atoms with Crippen molar-refractivity contribution in [3.05, 3.63) is 96.2 Å². The van der Waals surface area contributed by atoms with E-state index in [1.165, 1.54) is 34.5 Å². The molecule has 0 fully saturated rings. The highest BCUT2D eigenvalue weighted by molar-refractivity contribution is 7.72. The maximum Gasteiger partial charge on any atom is 0.434 e. The summed E-state index contributed by atoms with van der Waals surface area (Å²) < 4.78 is 79.2. The second-order valence-electron chi connectivity index (χ2n) is 8.41. The predicted molar refractivity (Wildman–Crippen MR) is 132 cm³/mol. The number of rotatable bonds is 6. The number of aryl methyl sites for hydroxylation is 1. The number of halogens is 4. The lowest BCUT2D eigenvalue weighted by atomic mass is 10.0. The number of nitrogens with zero attached hydrogens (tertiary/aromatic N) is 5. The summed E-state index contributed by atoms with van der Waals surface area (Å²) in [5.41, 5.74) is 2.51. The van der Waals surface area contributed by atoms with Gasteiger partial charge in [-0.25, -0.2) is 22.5 Å². The molecule has 7 nitrogen and oxygen atoms in total. The van der Waals surface area contributed by atoms with Crippen molar-refractivity contribution in [2.45, 2.75) is 24.7 Å². The Morgan fingerprint density at radius 2 is 1.61 bits per heavy atom. The van der Waals surface area contributed by atoms with E-state index in [9.17, 15) is 26.0 Å². The van der Waals surface area contributed by atoms with Crippen LogP contribution in [0.2, 0.25) is 0 Å². The zero-order valence-corrected chi connectivity index (χ0v) is 20.6. The van der Waals surface area contributed by atoms with Crippen LogP contribution in [0, 0.1) is 6.92 Å². The molecule has 0 bridgehead atoms. The molecule has 0 N–H and O–H groups in total. The Balaban J connectivity index is 1.73. The SMILES string of the molecule is Cc1nc(C(F)(F)F)cn1-c1ccc(-c2cccc([SH](=O)=O)c2)cc1-n1nncc1-c1ccc(CF)cc1. The van der Waals surface area contributed by atoms with Crippen molar-refractivity contribution in [1.29, 1.82) is 0 Å². The van der Waals surface area contributed by atoms with E-state index in [1.54, 1.807) is 54.6 Å². The molecule has 194 valence electrons. The zero-order chi connectivity index (χ0) is 27.0. The van der Waals surface area contributed by atoms with Gasteiger partial charge in [0.1, 0.15) is 12.5 Å². The van der Waals surface area contributed by atoms with Crippen molar-refractivity contribution in [2.75, 3.05) is 0 Å². The first-order chi connectivity index (χ1) is 18.2. The van der Waals surface area contributed by atoms with Crippen LogP contribution in [0.1, 0.15) is 17.1 Å². The molecule has 38 heavy (non-hydrogen) atoms. The normalized spacial score (nSPS) is 11.8. The summed E-state index contributed by atoms with van der Waals surface area (Å²) in [7, 11) is -2.81. The minimum atomic E-state index is -4.64. The van der Waals surface area contributed by atoms with Crippen LogP contribution < -0.4 is 0 Å². The third kappa shape index (κ3) is 4.82. The minimum Gasteiger partial charge on any atom is -0.301 e. The molecule has 5 aromatic rings. The predicted octanol–water partition coefficient (Wildman–Crippen LogP) is 5.55. The summed E-state index contributed by atoms with van der Waals surface area (Å²) in [5.74, 6) is 0.102. The van der Waals surface area contributed by atoms with Gasteiger partial charge in [0.2, 0.25) is 0 Å². The maximum absolute atomic E-state index is 13.4. The van der Waals surface area contributed by atoms with Gasteiger partial charge in [-0.2, -0.15) is 13.2 Å². The van der Waals surface area contributed by atoms with E-state index in [0.29, 0.717) is 39.3 Å². The van der Waals surface area contributed by atoms with Gasteiger partial charge in [-0.3, -0.25) is 0 Å². The molecule has 5 rings (SSSR count). The molecule has 2 aromatic heterocycles. The van der Waals surface area contributed by atoms with Crippen molar-refractivity contribution in [3.63, 3.8) is 0 Å². The Kier molecular flexibility index (Phi) is 6.57. The average Bonchev–Trinajstić information content (AvgIpc) is 3.55. The molecule has 3 aromatic carbocycles. The van der Waals surface area contributed by atoms with Gasteiger partial charge in [-0.15, -0.1) is 5.10 Å². The zero-order valence-electron chi connectivity index (χ0n) is 19.7. The highest BCUT2D eigenvalue weighted by Gasteiger charge is 2.34. The Labute approximate surface area is 216 Å². The quantitative estimate of drug-likeness (QED) is 0.225. The molecule has 0 spiro atoms. The fourth-order valence-corrected chi connectivity index (χ4v) is 4.56. The standard InChI is InChI=1S/C26H19F4N5O2S/c1-16-32-25(26(28,29)30)15-34(16)22-10-9-20(19-3-2-4-21(11-19)38(36)37)12-23(22)35-24(14-31-33-35)18-7-5-17(13-27)6-8-18/h2-12,14-15,38H,13H2,1H3. The molecule has 0 amide bonds. The monoisotopic (exact) mass is 541 g/mol. The number of hydrogen-bond donors (Lipinski definition) is 1. The van der Waals surface area contributed by atoms with Gasteiger partial charge < -0.3 is 4.57 Å². The van der Waals surface area contributed by atoms with Crippen molar-refractivity contribution in [1.82, 2.24) is 24.5 Å². The van der Waals surface area contributed by atoms with E-state index in [0.717, 1.165) is 6.20 Å². The molecule has 2 heterocycles. The first kappa shape index (κ1) is 25.3. The third-order valence-electron chi connectivity index (χ3n) is 5.98. The van der Waals surface area contributed by atoms with E-state index in [-0.39, 0.29) is 10.7 Å². The van der Waals surface area contributed by atoms with Crippen molar-refractivity contribution in [2.24, 2.45) is 0 Å². The van der Waals surface area contributed by atoms with Gasteiger partial charge >= 0.3 is 6.18 Å². The summed E-state index contributed by atoms with van der Waals surface area (Å²) in [6.07, 6.45) is -2.24. The van der Waals surface area contributed by atoms with Crippen molar-refractivity contribution >= 4 is 10.7 Å². The molecule has 0 aliphatic carbocycles. The topological polar surface area (TPSA) is 82.7 Å². The average molecular weight is 542 g/mol. The number of thiol groups is 1. The second kappa shape index (κ2) is 9.86. The van der Waals surface area contributed by atoms with E-state index < -0.39 is 29.2 Å².